The standard InChI is InChI=1S/C24BF20.C14H14O2S/c26-5-1(6(27)14(35)21(42)13(5)34)25(2-7(28)15(36)22(43)16(37)8(2)29,3-9(30)17(38)23(44)18(39)10(3)31)4-11(32)19(40)24(45)20(41)12(4)33;1-17(16,14-5-3-2-4-6-14)11-12-7-9-13(15)10-8-12/h;2-10H,11H2,1H3/q-1;/p+1. The summed E-state index contributed by atoms with van der Waals surface area (Å²) in [5, 5.41) is 9.20. The van der Waals surface area contributed by atoms with E-state index in [4.69, 9.17) is 0 Å². The third kappa shape index (κ3) is 7.40. The van der Waals surface area contributed by atoms with E-state index in [1.165, 1.54) is 0 Å². The highest BCUT2D eigenvalue weighted by Crippen LogP contribution is 2.31. The van der Waals surface area contributed by atoms with Gasteiger partial charge in [-0.1, -0.05) is 34.5 Å². The Hall–Kier alpha value is -6.07. The van der Waals surface area contributed by atoms with Gasteiger partial charge in [-0.15, -0.1) is 21.9 Å². The van der Waals surface area contributed by atoms with Crippen LogP contribution in [0, 0.1) is 116 Å². The van der Waals surface area contributed by atoms with E-state index in [2.05, 4.69) is 0 Å². The van der Waals surface area contributed by atoms with Crippen LogP contribution in [-0.4, -0.2) is 17.5 Å². The van der Waals surface area contributed by atoms with Crippen molar-refractivity contribution in [1.82, 2.24) is 0 Å². The number of hydrogen-bond acceptors (Lipinski definition) is 2. The number of phenolic OH excluding ortho intramolecular Hbond substituents is 1. The average Bonchev–Trinajstić information content (AvgIpc) is 3.24. The summed E-state index contributed by atoms with van der Waals surface area (Å²) in [7, 11) is -2.06. The number of phenols is 1. The van der Waals surface area contributed by atoms with Gasteiger partial charge in [-0.2, -0.15) is 0 Å². The minimum Gasteiger partial charge on any atom is -0.508 e. The highest BCUT2D eigenvalue weighted by Gasteiger charge is 2.52. The van der Waals surface area contributed by atoms with Crippen molar-refractivity contribution in [2.24, 2.45) is 0 Å². The van der Waals surface area contributed by atoms with Gasteiger partial charge in [0, 0.05) is 5.56 Å². The van der Waals surface area contributed by atoms with Crippen LogP contribution in [0.3, 0.4) is 0 Å². The minimum absolute atomic E-state index is 0.232. The van der Waals surface area contributed by atoms with E-state index in [1.54, 1.807) is 30.5 Å². The van der Waals surface area contributed by atoms with E-state index >= 15 is 35.1 Å². The third-order valence-corrected chi connectivity index (χ3v) is 11.5. The summed E-state index contributed by atoms with van der Waals surface area (Å²) in [6, 6.07) is 16.4. The van der Waals surface area contributed by atoms with Crippen molar-refractivity contribution in [2.45, 2.75) is 10.6 Å². The molecule has 0 radical (unpaired) electrons. The number of rotatable bonds is 7. The molecule has 0 bridgehead atoms. The molecule has 0 aromatic heterocycles. The highest BCUT2D eigenvalue weighted by molar-refractivity contribution is 8.01. The first kappa shape index (κ1) is 47.0. The van der Waals surface area contributed by atoms with Gasteiger partial charge in [-0.05, 0) is 24.3 Å². The van der Waals surface area contributed by atoms with Crippen molar-refractivity contribution in [3.05, 3.63) is 177 Å². The molecule has 1 N–H and O–H groups in total. The van der Waals surface area contributed by atoms with Crippen LogP contribution in [0.5, 0.6) is 5.75 Å². The molecule has 0 amide bonds. The largest absolute Gasteiger partial charge is 0.508 e. The van der Waals surface area contributed by atoms with Crippen LogP contribution < -0.4 is 21.9 Å². The maximum atomic E-state index is 15.4. The third-order valence-electron chi connectivity index (χ3n) is 9.33. The van der Waals surface area contributed by atoms with Crippen LogP contribution in [0.25, 0.3) is 0 Å². The Bertz CT molecular complexity index is 2440. The highest BCUT2D eigenvalue weighted by atomic mass is 32.2. The second-order valence-electron chi connectivity index (χ2n) is 12.9. The SMILES string of the molecule is C[S+](=O)(Cc1ccc(O)cc1)c1ccccc1.Fc1c(F)c(F)c([B-](c2c(F)c(F)c(F)c(F)c2F)(c2c(F)c(F)c(F)c(F)c2F)c2c(F)c(F)c(F)c(F)c2F)c(F)c1F. The Labute approximate surface area is 334 Å². The Morgan fingerprint density at radius 3 is 0.839 bits per heavy atom. The van der Waals surface area contributed by atoms with Gasteiger partial charge in [0.1, 0.15) is 80.4 Å². The fourth-order valence-electron chi connectivity index (χ4n) is 6.58. The maximum absolute atomic E-state index is 15.4. The summed E-state index contributed by atoms with van der Waals surface area (Å²) in [6.07, 6.45) is -5.44. The second-order valence-corrected chi connectivity index (χ2v) is 15.7. The molecule has 6 aromatic carbocycles. The van der Waals surface area contributed by atoms with Crippen molar-refractivity contribution in [3.8, 4) is 5.75 Å². The summed E-state index contributed by atoms with van der Waals surface area (Å²) in [5.41, 5.74) is -13.4. The summed E-state index contributed by atoms with van der Waals surface area (Å²) >= 11 is 0. The Kier molecular flexibility index (Phi) is 12.9. The van der Waals surface area contributed by atoms with Gasteiger partial charge in [0.25, 0.3) is 0 Å². The summed E-state index contributed by atoms with van der Waals surface area (Å²) in [4.78, 5) is 0.869. The van der Waals surface area contributed by atoms with Crippen molar-refractivity contribution in [1.29, 1.82) is 0 Å². The summed E-state index contributed by atoms with van der Waals surface area (Å²) in [6.45, 7) is 0. The van der Waals surface area contributed by atoms with Crippen LogP contribution in [0.1, 0.15) is 5.56 Å². The number of benzene rings is 6. The van der Waals surface area contributed by atoms with Gasteiger partial charge in [-0.3, -0.25) is 0 Å². The molecule has 0 aliphatic carbocycles. The molecule has 328 valence electrons. The van der Waals surface area contributed by atoms with Crippen molar-refractivity contribution >= 4 is 37.9 Å². The average molecular weight is 926 g/mol. The summed E-state index contributed by atoms with van der Waals surface area (Å²) in [5.74, 6) is -70.7. The van der Waals surface area contributed by atoms with Crippen molar-refractivity contribution in [2.75, 3.05) is 6.26 Å². The zero-order valence-electron chi connectivity index (χ0n) is 29.8. The first-order valence-electron chi connectivity index (χ1n) is 16.3. The van der Waals surface area contributed by atoms with Crippen molar-refractivity contribution in [3.63, 3.8) is 0 Å². The van der Waals surface area contributed by atoms with Crippen LogP contribution in [-0.2, 0) is 19.9 Å². The quantitative estimate of drug-likeness (QED) is 0.0572. The van der Waals surface area contributed by atoms with Gasteiger partial charge < -0.3 is 5.11 Å². The van der Waals surface area contributed by atoms with Crippen LogP contribution in [0.2, 0.25) is 0 Å². The first-order chi connectivity index (χ1) is 28.8. The van der Waals surface area contributed by atoms with Crippen LogP contribution >= 0.6 is 0 Å². The van der Waals surface area contributed by atoms with E-state index in [1.807, 2.05) is 30.3 Å². The van der Waals surface area contributed by atoms with Gasteiger partial charge in [0.15, 0.2) is 74.7 Å². The fraction of sp³-hybridized carbons (Fsp3) is 0.0526. The summed E-state index contributed by atoms with van der Waals surface area (Å²) < 4.78 is 307. The predicted octanol–water partition coefficient (Wildman–Crippen LogP) is 8.93. The van der Waals surface area contributed by atoms with Gasteiger partial charge in [0.05, 0.1) is 0 Å². The fourth-order valence-corrected chi connectivity index (χ4v) is 8.30. The Balaban J connectivity index is 0.000000355. The van der Waals surface area contributed by atoms with E-state index in [0.717, 1.165) is 10.5 Å². The smallest absolute Gasteiger partial charge is 0.200 e. The Morgan fingerprint density at radius 1 is 0.371 bits per heavy atom. The lowest BCUT2D eigenvalue weighted by molar-refractivity contribution is 0.378. The zero-order valence-corrected chi connectivity index (χ0v) is 30.6. The molecule has 24 heteroatoms. The molecule has 62 heavy (non-hydrogen) atoms. The van der Waals surface area contributed by atoms with E-state index < -0.39 is 154 Å². The second kappa shape index (κ2) is 17.0. The molecule has 6 aromatic rings. The molecule has 0 spiro atoms. The molecular weight excluding hydrogens is 911 g/mol. The van der Waals surface area contributed by atoms with Crippen LogP contribution in [0.15, 0.2) is 59.5 Å². The molecule has 0 saturated carbocycles. The van der Waals surface area contributed by atoms with E-state index in [9.17, 15) is 62.0 Å². The molecule has 0 aliphatic heterocycles. The molecular formula is C38H15BF20O2S. The van der Waals surface area contributed by atoms with E-state index in [-0.39, 0.29) is 5.75 Å². The van der Waals surface area contributed by atoms with Gasteiger partial charge in [0.2, 0.25) is 0 Å². The molecule has 0 aliphatic rings. The molecule has 0 fully saturated rings. The van der Waals surface area contributed by atoms with Crippen LogP contribution in [0.4, 0.5) is 87.8 Å². The topological polar surface area (TPSA) is 37.3 Å². The van der Waals surface area contributed by atoms with E-state index in [0.29, 0.717) is 5.75 Å². The normalized spacial score (nSPS) is 12.6. The monoisotopic (exact) mass is 926 g/mol. The number of hydrogen-bond donors (Lipinski definition) is 1. The van der Waals surface area contributed by atoms with Gasteiger partial charge in [-0.25, -0.2) is 87.8 Å². The lowest BCUT2D eigenvalue weighted by Gasteiger charge is -2.44. The first-order valence-corrected chi connectivity index (χ1v) is 18.4. The molecule has 1 atom stereocenters. The predicted molar refractivity (Wildman–Crippen MR) is 180 cm³/mol. The number of aromatic hydroxyl groups is 1. The minimum atomic E-state index is -7.22. The molecule has 2 nitrogen and oxygen atoms in total. The lowest BCUT2D eigenvalue weighted by Crippen LogP contribution is -2.81. The molecule has 0 saturated heterocycles. The molecule has 0 heterocycles. The number of halogens is 20. The lowest BCUT2D eigenvalue weighted by atomic mass is 9.12. The molecule has 1 unspecified atom stereocenters. The van der Waals surface area contributed by atoms with Gasteiger partial charge >= 0.3 is 0 Å². The Morgan fingerprint density at radius 2 is 0.597 bits per heavy atom. The zero-order chi connectivity index (χ0) is 46.7. The maximum Gasteiger partial charge on any atom is 0.200 e. The van der Waals surface area contributed by atoms with Crippen molar-refractivity contribution < 1.29 is 97.1 Å². The molecule has 6 rings (SSSR count).